The average Bonchev–Trinajstić information content (AvgIpc) is 2.30. The topological polar surface area (TPSA) is 44.8 Å². The zero-order valence-electron chi connectivity index (χ0n) is 10.2. The van der Waals surface area contributed by atoms with Gasteiger partial charge in [0.1, 0.15) is 0 Å². The first-order valence-electron chi connectivity index (χ1n) is 6.06. The lowest BCUT2D eigenvalue weighted by Crippen LogP contribution is -2.28. The molecule has 0 heterocycles. The van der Waals surface area contributed by atoms with E-state index in [0.717, 1.165) is 25.7 Å². The minimum absolute atomic E-state index is 0.179. The van der Waals surface area contributed by atoms with Crippen LogP contribution in [0.4, 0.5) is 0 Å². The van der Waals surface area contributed by atoms with Crippen molar-refractivity contribution in [3.8, 4) is 0 Å². The van der Waals surface area contributed by atoms with Gasteiger partial charge in [-0.1, -0.05) is 0 Å². The number of hydrogen-bond acceptors (Lipinski definition) is 4. The fraction of sp³-hybridized carbons (Fsp3) is 0.917. The molecule has 1 saturated carbocycles. The highest BCUT2D eigenvalue weighted by molar-refractivity contribution is 5.69. The zero-order valence-corrected chi connectivity index (χ0v) is 10.2. The van der Waals surface area contributed by atoms with Crippen molar-refractivity contribution >= 4 is 5.97 Å². The van der Waals surface area contributed by atoms with E-state index in [1.54, 1.807) is 7.11 Å². The van der Waals surface area contributed by atoms with E-state index in [0.29, 0.717) is 25.7 Å². The summed E-state index contributed by atoms with van der Waals surface area (Å²) in [6, 6.07) is 0. The molecule has 0 bridgehead atoms. The average molecular weight is 230 g/mol. The fourth-order valence-corrected chi connectivity index (χ4v) is 2.01. The summed E-state index contributed by atoms with van der Waals surface area (Å²) < 4.78 is 15.8. The molecule has 1 rings (SSSR count). The van der Waals surface area contributed by atoms with Crippen LogP contribution in [-0.4, -0.2) is 38.5 Å². The molecule has 0 aromatic rings. The third-order valence-electron chi connectivity index (χ3n) is 2.88. The van der Waals surface area contributed by atoms with Gasteiger partial charge in [-0.2, -0.15) is 0 Å². The second-order valence-corrected chi connectivity index (χ2v) is 4.07. The van der Waals surface area contributed by atoms with Crippen LogP contribution in [0.2, 0.25) is 0 Å². The van der Waals surface area contributed by atoms with Gasteiger partial charge in [-0.3, -0.25) is 4.79 Å². The monoisotopic (exact) mass is 230 g/mol. The van der Waals surface area contributed by atoms with Gasteiger partial charge in [-0.05, 0) is 32.6 Å². The molecule has 0 N–H and O–H groups in total. The fourth-order valence-electron chi connectivity index (χ4n) is 2.01. The van der Waals surface area contributed by atoms with Crippen LogP contribution in [0.1, 0.15) is 39.0 Å². The van der Waals surface area contributed by atoms with Crippen molar-refractivity contribution < 1.29 is 19.0 Å². The van der Waals surface area contributed by atoms with Crippen LogP contribution in [0.25, 0.3) is 0 Å². The highest BCUT2D eigenvalue weighted by Crippen LogP contribution is 2.23. The van der Waals surface area contributed by atoms with Gasteiger partial charge < -0.3 is 14.2 Å². The molecule has 0 amide bonds. The minimum atomic E-state index is -0.179. The molecule has 1 aliphatic rings. The van der Waals surface area contributed by atoms with Gasteiger partial charge in [-0.15, -0.1) is 0 Å². The first-order valence-corrected chi connectivity index (χ1v) is 6.06. The van der Waals surface area contributed by atoms with Gasteiger partial charge in [0.25, 0.3) is 0 Å². The Morgan fingerprint density at radius 3 is 2.75 bits per heavy atom. The van der Waals surface area contributed by atoms with Crippen molar-refractivity contribution in [2.45, 2.75) is 51.2 Å². The Morgan fingerprint density at radius 1 is 1.31 bits per heavy atom. The molecule has 4 heteroatoms. The highest BCUT2D eigenvalue weighted by atomic mass is 16.5. The Balaban J connectivity index is 2.10. The molecule has 1 aliphatic carbocycles. The van der Waals surface area contributed by atoms with Crippen LogP contribution >= 0.6 is 0 Å². The Bertz CT molecular complexity index is 205. The number of esters is 1. The molecular weight excluding hydrogens is 208 g/mol. The lowest BCUT2D eigenvalue weighted by atomic mass is 9.95. The summed E-state index contributed by atoms with van der Waals surface area (Å²) >= 11 is 0. The van der Waals surface area contributed by atoms with E-state index in [4.69, 9.17) is 14.2 Å². The molecule has 0 saturated heterocycles. The van der Waals surface area contributed by atoms with Gasteiger partial charge in [0.2, 0.25) is 0 Å². The van der Waals surface area contributed by atoms with E-state index in [1.165, 1.54) is 0 Å². The summed E-state index contributed by atoms with van der Waals surface area (Å²) in [5, 5.41) is 0. The van der Waals surface area contributed by atoms with E-state index >= 15 is 0 Å². The standard InChI is InChI=1S/C12H22O4/c1-3-15-12(13)7-8-16-11-6-4-5-10(9-11)14-2/h10-11H,3-9H2,1-2H3. The van der Waals surface area contributed by atoms with Crippen LogP contribution in [0.15, 0.2) is 0 Å². The van der Waals surface area contributed by atoms with Gasteiger partial charge in [-0.25, -0.2) is 0 Å². The molecule has 2 unspecified atom stereocenters. The maximum absolute atomic E-state index is 11.1. The number of rotatable bonds is 6. The smallest absolute Gasteiger partial charge is 0.308 e. The van der Waals surface area contributed by atoms with E-state index < -0.39 is 0 Å². The SMILES string of the molecule is CCOC(=O)CCOC1CCCC(OC)C1. The van der Waals surface area contributed by atoms with Crippen LogP contribution in [-0.2, 0) is 19.0 Å². The first-order chi connectivity index (χ1) is 7.76. The van der Waals surface area contributed by atoms with Crippen molar-refractivity contribution in [3.05, 3.63) is 0 Å². The molecular formula is C12H22O4. The molecule has 0 aliphatic heterocycles. The van der Waals surface area contributed by atoms with Crippen molar-refractivity contribution in [2.24, 2.45) is 0 Å². The number of carbonyl (C=O) groups is 1. The highest BCUT2D eigenvalue weighted by Gasteiger charge is 2.22. The molecule has 16 heavy (non-hydrogen) atoms. The van der Waals surface area contributed by atoms with Crippen molar-refractivity contribution in [1.29, 1.82) is 0 Å². The van der Waals surface area contributed by atoms with Crippen molar-refractivity contribution in [2.75, 3.05) is 20.3 Å². The maximum atomic E-state index is 11.1. The van der Waals surface area contributed by atoms with Gasteiger partial charge in [0.15, 0.2) is 0 Å². The summed E-state index contributed by atoms with van der Waals surface area (Å²) in [6.07, 6.45) is 5.19. The first kappa shape index (κ1) is 13.5. The molecule has 0 spiro atoms. The Kier molecular flexibility index (Phi) is 6.42. The number of hydrogen-bond donors (Lipinski definition) is 0. The molecule has 2 atom stereocenters. The molecule has 94 valence electrons. The zero-order chi connectivity index (χ0) is 11.8. The van der Waals surface area contributed by atoms with Crippen molar-refractivity contribution in [1.82, 2.24) is 0 Å². The number of carbonyl (C=O) groups excluding carboxylic acids is 1. The minimum Gasteiger partial charge on any atom is -0.466 e. The number of ether oxygens (including phenoxy) is 3. The van der Waals surface area contributed by atoms with Gasteiger partial charge >= 0.3 is 5.97 Å². The summed E-state index contributed by atoms with van der Waals surface area (Å²) in [4.78, 5) is 11.1. The van der Waals surface area contributed by atoms with E-state index in [1.807, 2.05) is 6.92 Å². The predicted molar refractivity (Wildman–Crippen MR) is 60.3 cm³/mol. The van der Waals surface area contributed by atoms with Crippen LogP contribution in [0.3, 0.4) is 0 Å². The summed E-state index contributed by atoms with van der Waals surface area (Å²) in [7, 11) is 1.74. The second kappa shape index (κ2) is 7.63. The molecule has 0 aromatic carbocycles. The van der Waals surface area contributed by atoms with E-state index in [2.05, 4.69) is 0 Å². The van der Waals surface area contributed by atoms with Crippen LogP contribution in [0, 0.1) is 0 Å². The lowest BCUT2D eigenvalue weighted by Gasteiger charge is -2.28. The normalized spacial score (nSPS) is 25.4. The molecule has 1 fully saturated rings. The molecule has 4 nitrogen and oxygen atoms in total. The van der Waals surface area contributed by atoms with E-state index in [9.17, 15) is 4.79 Å². The van der Waals surface area contributed by atoms with Crippen molar-refractivity contribution in [3.63, 3.8) is 0 Å². The largest absolute Gasteiger partial charge is 0.466 e. The quantitative estimate of drug-likeness (QED) is 0.654. The Labute approximate surface area is 97.2 Å². The lowest BCUT2D eigenvalue weighted by molar-refractivity contribution is -0.145. The third-order valence-corrected chi connectivity index (χ3v) is 2.88. The number of methoxy groups -OCH3 is 1. The summed E-state index contributed by atoms with van der Waals surface area (Å²) in [5.74, 6) is -0.179. The Morgan fingerprint density at radius 2 is 2.06 bits per heavy atom. The Hall–Kier alpha value is -0.610. The van der Waals surface area contributed by atoms with Gasteiger partial charge in [0, 0.05) is 7.11 Å². The summed E-state index contributed by atoms with van der Waals surface area (Å²) in [6.45, 7) is 2.71. The van der Waals surface area contributed by atoms with Crippen LogP contribution in [0.5, 0.6) is 0 Å². The molecule has 0 aromatic heterocycles. The molecule has 0 radical (unpaired) electrons. The predicted octanol–water partition coefficient (Wildman–Crippen LogP) is 1.91. The maximum Gasteiger partial charge on any atom is 0.308 e. The van der Waals surface area contributed by atoms with Crippen LogP contribution < -0.4 is 0 Å². The van der Waals surface area contributed by atoms with Gasteiger partial charge in [0.05, 0.1) is 31.8 Å². The van der Waals surface area contributed by atoms with E-state index in [-0.39, 0.29) is 12.1 Å². The second-order valence-electron chi connectivity index (χ2n) is 4.07. The third kappa shape index (κ3) is 4.94. The summed E-state index contributed by atoms with van der Waals surface area (Å²) in [5.41, 5.74) is 0.